The monoisotopic (exact) mass is 544 g/mol. The van der Waals surface area contributed by atoms with Gasteiger partial charge in [-0.25, -0.2) is 0 Å². The summed E-state index contributed by atoms with van der Waals surface area (Å²) in [5, 5.41) is 12.8. The lowest BCUT2D eigenvalue weighted by molar-refractivity contribution is 0.487. The number of ether oxygens (including phenoxy) is 1. The van der Waals surface area contributed by atoms with Crippen molar-refractivity contribution in [3.8, 4) is 44.9 Å². The van der Waals surface area contributed by atoms with Crippen molar-refractivity contribution >= 4 is 53.9 Å². The van der Waals surface area contributed by atoms with Crippen LogP contribution in [0.2, 0.25) is 0 Å². The molecule has 43 heavy (non-hydrogen) atoms. The van der Waals surface area contributed by atoms with E-state index < -0.39 is 0 Å². The quantitative estimate of drug-likeness (QED) is 0.197. The Morgan fingerprint density at radius 1 is 0.302 bits per heavy atom. The summed E-state index contributed by atoms with van der Waals surface area (Å²) in [7, 11) is 0. The van der Waals surface area contributed by atoms with Gasteiger partial charge >= 0.3 is 0 Å². The molecule has 0 aromatic heterocycles. The third kappa shape index (κ3) is 3.22. The number of fused-ring (bicyclic) bond motifs is 3. The van der Waals surface area contributed by atoms with E-state index in [2.05, 4.69) is 133 Å². The molecule has 0 spiro atoms. The van der Waals surface area contributed by atoms with E-state index in [-0.39, 0.29) is 0 Å². The Kier molecular flexibility index (Phi) is 4.51. The molecule has 1 heteroatoms. The van der Waals surface area contributed by atoms with Crippen LogP contribution in [0.25, 0.3) is 87.2 Å². The molecule has 0 atom stereocenters. The Morgan fingerprint density at radius 2 is 0.907 bits per heavy atom. The van der Waals surface area contributed by atoms with Crippen molar-refractivity contribution in [1.82, 2.24) is 0 Å². The fraction of sp³-hybridized carbons (Fsp3) is 0. The fourth-order valence-electron chi connectivity index (χ4n) is 7.40. The van der Waals surface area contributed by atoms with Crippen molar-refractivity contribution < 1.29 is 4.74 Å². The van der Waals surface area contributed by atoms with Crippen LogP contribution < -0.4 is 4.74 Å². The molecule has 0 aliphatic carbocycles. The minimum Gasteiger partial charge on any atom is -0.456 e. The zero-order chi connectivity index (χ0) is 28.1. The second-order valence-corrected chi connectivity index (χ2v) is 11.7. The molecular weight excluding hydrogens is 520 g/mol. The maximum Gasteiger partial charge on any atom is 0.135 e. The van der Waals surface area contributed by atoms with Gasteiger partial charge in [0.1, 0.15) is 11.5 Å². The summed E-state index contributed by atoms with van der Waals surface area (Å²) in [6, 6.07) is 53.2. The van der Waals surface area contributed by atoms with Gasteiger partial charge in [0, 0.05) is 10.9 Å². The van der Waals surface area contributed by atoms with Crippen LogP contribution in [0.4, 0.5) is 0 Å². The lowest BCUT2D eigenvalue weighted by Gasteiger charge is -2.22. The van der Waals surface area contributed by atoms with Crippen molar-refractivity contribution in [3.05, 3.63) is 146 Å². The van der Waals surface area contributed by atoms with Crippen molar-refractivity contribution in [3.63, 3.8) is 0 Å². The van der Waals surface area contributed by atoms with Gasteiger partial charge in [0.15, 0.2) is 0 Å². The van der Waals surface area contributed by atoms with Crippen LogP contribution in [0.3, 0.4) is 0 Å². The summed E-state index contributed by atoms with van der Waals surface area (Å²) in [5.74, 6) is 1.84. The van der Waals surface area contributed by atoms with Crippen LogP contribution in [0, 0.1) is 0 Å². The van der Waals surface area contributed by atoms with E-state index in [9.17, 15) is 0 Å². The van der Waals surface area contributed by atoms with E-state index >= 15 is 0 Å². The normalized spacial score (nSPS) is 12.4. The Bertz CT molecular complexity index is 2570. The van der Waals surface area contributed by atoms with E-state index in [0.29, 0.717) is 0 Å². The molecule has 10 rings (SSSR count). The standard InChI is InChI=1S/C42H24O/c1-2-10-38-34(7-1)36-9-4-8-35-33(21-22-39(43-38)42(35)36)30-16-12-25-11-15-29(23-31(25)24-30)32-19-17-28-14-13-26-5-3-6-27-18-20-37(32)41(28)40(26)27/h1-24H. The largest absolute Gasteiger partial charge is 0.456 e. The van der Waals surface area contributed by atoms with Crippen molar-refractivity contribution in [2.45, 2.75) is 0 Å². The first-order valence-electron chi connectivity index (χ1n) is 14.8. The predicted molar refractivity (Wildman–Crippen MR) is 182 cm³/mol. The van der Waals surface area contributed by atoms with Crippen LogP contribution in [0.1, 0.15) is 0 Å². The topological polar surface area (TPSA) is 9.23 Å². The minimum absolute atomic E-state index is 0.917. The Hall–Kier alpha value is -5.66. The van der Waals surface area contributed by atoms with Gasteiger partial charge in [-0.3, -0.25) is 0 Å². The molecule has 1 aliphatic heterocycles. The van der Waals surface area contributed by atoms with Crippen LogP contribution in [0.5, 0.6) is 11.5 Å². The number of hydrogen-bond donors (Lipinski definition) is 0. The number of para-hydroxylation sites is 1. The maximum absolute atomic E-state index is 6.35. The van der Waals surface area contributed by atoms with Crippen LogP contribution in [-0.2, 0) is 0 Å². The highest BCUT2D eigenvalue weighted by atomic mass is 16.5. The summed E-state index contributed by atoms with van der Waals surface area (Å²) in [4.78, 5) is 0. The zero-order valence-corrected chi connectivity index (χ0v) is 23.3. The lowest BCUT2D eigenvalue weighted by Crippen LogP contribution is -1.97. The van der Waals surface area contributed by atoms with Gasteiger partial charge in [-0.05, 0) is 101 Å². The van der Waals surface area contributed by atoms with Crippen LogP contribution in [0.15, 0.2) is 146 Å². The molecule has 0 amide bonds. The average molecular weight is 545 g/mol. The number of hydrogen-bond acceptors (Lipinski definition) is 1. The van der Waals surface area contributed by atoms with Crippen molar-refractivity contribution in [1.29, 1.82) is 0 Å². The molecule has 0 N–H and O–H groups in total. The summed E-state index contributed by atoms with van der Waals surface area (Å²) in [5.41, 5.74) is 7.32. The average Bonchev–Trinajstić information content (AvgIpc) is 3.07. The van der Waals surface area contributed by atoms with Gasteiger partial charge in [-0.15, -0.1) is 0 Å². The second-order valence-electron chi connectivity index (χ2n) is 11.7. The second kappa shape index (κ2) is 8.44. The molecule has 0 unspecified atom stereocenters. The van der Waals surface area contributed by atoms with E-state index in [0.717, 1.165) is 17.1 Å². The molecule has 0 saturated heterocycles. The van der Waals surface area contributed by atoms with Crippen LogP contribution in [-0.4, -0.2) is 0 Å². The SMILES string of the molecule is c1ccc2c(c1)Oc1ccc(-c3ccc4ccc(-c5ccc6ccc7cccc8ccc5c6c78)cc4c3)c3cccc-2c13. The van der Waals surface area contributed by atoms with Gasteiger partial charge in [-0.1, -0.05) is 121 Å². The van der Waals surface area contributed by atoms with E-state index in [1.807, 2.05) is 12.1 Å². The Balaban J connectivity index is 1.16. The summed E-state index contributed by atoms with van der Waals surface area (Å²) in [6.07, 6.45) is 0. The summed E-state index contributed by atoms with van der Waals surface area (Å²) in [6.45, 7) is 0. The first-order valence-corrected chi connectivity index (χ1v) is 14.8. The Labute approximate surface area is 248 Å². The molecule has 1 aliphatic rings. The highest BCUT2D eigenvalue weighted by Gasteiger charge is 2.21. The zero-order valence-electron chi connectivity index (χ0n) is 23.3. The lowest BCUT2D eigenvalue weighted by atomic mass is 9.88. The fourth-order valence-corrected chi connectivity index (χ4v) is 7.40. The van der Waals surface area contributed by atoms with E-state index in [1.54, 1.807) is 0 Å². The molecule has 9 aromatic carbocycles. The molecule has 0 radical (unpaired) electrons. The Morgan fingerprint density at radius 3 is 1.72 bits per heavy atom. The highest BCUT2D eigenvalue weighted by Crippen LogP contribution is 2.48. The molecule has 1 heterocycles. The third-order valence-electron chi connectivity index (χ3n) is 9.39. The molecule has 198 valence electrons. The first kappa shape index (κ1) is 23.0. The predicted octanol–water partition coefficient (Wildman–Crippen LogP) is 12.0. The van der Waals surface area contributed by atoms with Crippen LogP contribution >= 0.6 is 0 Å². The molecule has 0 fully saturated rings. The van der Waals surface area contributed by atoms with Crippen molar-refractivity contribution in [2.75, 3.05) is 0 Å². The molecule has 9 aromatic rings. The van der Waals surface area contributed by atoms with Gasteiger partial charge in [0.2, 0.25) is 0 Å². The number of rotatable bonds is 2. The van der Waals surface area contributed by atoms with Gasteiger partial charge in [0.05, 0.1) is 0 Å². The van der Waals surface area contributed by atoms with Crippen molar-refractivity contribution in [2.24, 2.45) is 0 Å². The summed E-state index contributed by atoms with van der Waals surface area (Å²) < 4.78 is 6.35. The minimum atomic E-state index is 0.917. The first-order chi connectivity index (χ1) is 21.3. The maximum atomic E-state index is 6.35. The molecule has 1 nitrogen and oxygen atoms in total. The molecule has 0 saturated carbocycles. The summed E-state index contributed by atoms with van der Waals surface area (Å²) >= 11 is 0. The number of benzene rings is 9. The van der Waals surface area contributed by atoms with Gasteiger partial charge in [0.25, 0.3) is 0 Å². The smallest absolute Gasteiger partial charge is 0.135 e. The third-order valence-corrected chi connectivity index (χ3v) is 9.39. The van der Waals surface area contributed by atoms with E-state index in [4.69, 9.17) is 4.74 Å². The molecule has 0 bridgehead atoms. The molecular formula is C42H24O. The van der Waals surface area contributed by atoms with Gasteiger partial charge < -0.3 is 4.74 Å². The van der Waals surface area contributed by atoms with Gasteiger partial charge in [-0.2, -0.15) is 0 Å². The highest BCUT2D eigenvalue weighted by molar-refractivity contribution is 6.25. The van der Waals surface area contributed by atoms with E-state index in [1.165, 1.54) is 81.7 Å².